The van der Waals surface area contributed by atoms with Crippen LogP contribution in [0.3, 0.4) is 0 Å². The van der Waals surface area contributed by atoms with Gasteiger partial charge in [-0.15, -0.1) is 0 Å². The molecule has 0 saturated carbocycles. The van der Waals surface area contributed by atoms with Crippen LogP contribution in [0.4, 0.5) is 5.69 Å². The first-order valence-corrected chi connectivity index (χ1v) is 4.70. The fourth-order valence-electron chi connectivity index (χ4n) is 1.36. The number of aliphatic hydroxyl groups is 1. The lowest BCUT2D eigenvalue weighted by molar-refractivity contribution is -0.385. The maximum atomic E-state index is 10.4. The molecule has 0 fully saturated rings. The van der Waals surface area contributed by atoms with Crippen molar-refractivity contribution in [1.29, 1.82) is 0 Å². The maximum absolute atomic E-state index is 10.4. The standard InChI is InChI=1S/C9H13N3O3/c1-3-8(6(2)13)9-10-4-7(5-11-9)12(14)15/h4-6,8,13H,3H2,1-2H3. The topological polar surface area (TPSA) is 89.2 Å². The van der Waals surface area contributed by atoms with Gasteiger partial charge in [0.15, 0.2) is 0 Å². The molecule has 2 atom stereocenters. The highest BCUT2D eigenvalue weighted by atomic mass is 16.6. The molecule has 6 heteroatoms. The molecule has 0 amide bonds. The summed E-state index contributed by atoms with van der Waals surface area (Å²) in [7, 11) is 0. The predicted octanol–water partition coefficient (Wildman–Crippen LogP) is 1.26. The first kappa shape index (κ1) is 11.5. The van der Waals surface area contributed by atoms with E-state index < -0.39 is 11.0 Å². The van der Waals surface area contributed by atoms with Gasteiger partial charge >= 0.3 is 5.69 Å². The summed E-state index contributed by atoms with van der Waals surface area (Å²) in [6.07, 6.45) is 2.45. The molecule has 0 radical (unpaired) electrons. The van der Waals surface area contributed by atoms with E-state index in [2.05, 4.69) is 9.97 Å². The molecular formula is C9H13N3O3. The van der Waals surface area contributed by atoms with E-state index in [0.29, 0.717) is 12.2 Å². The monoisotopic (exact) mass is 211 g/mol. The van der Waals surface area contributed by atoms with E-state index >= 15 is 0 Å². The smallest absolute Gasteiger partial charge is 0.305 e. The van der Waals surface area contributed by atoms with Crippen LogP contribution in [0, 0.1) is 10.1 Å². The number of aromatic nitrogens is 2. The van der Waals surface area contributed by atoms with Gasteiger partial charge in [0.25, 0.3) is 0 Å². The summed E-state index contributed by atoms with van der Waals surface area (Å²) < 4.78 is 0. The van der Waals surface area contributed by atoms with E-state index in [1.54, 1.807) is 6.92 Å². The Hall–Kier alpha value is -1.56. The molecule has 1 aromatic rings. The number of hydrogen-bond donors (Lipinski definition) is 1. The summed E-state index contributed by atoms with van der Waals surface area (Å²) in [6.45, 7) is 3.56. The Morgan fingerprint density at radius 2 is 2.07 bits per heavy atom. The molecule has 82 valence electrons. The molecule has 0 aliphatic rings. The van der Waals surface area contributed by atoms with Crippen LogP contribution in [0.5, 0.6) is 0 Å². The van der Waals surface area contributed by atoms with Gasteiger partial charge in [0.2, 0.25) is 0 Å². The fourth-order valence-corrected chi connectivity index (χ4v) is 1.36. The van der Waals surface area contributed by atoms with Crippen LogP contribution in [0.2, 0.25) is 0 Å². The van der Waals surface area contributed by atoms with Crippen molar-refractivity contribution < 1.29 is 10.0 Å². The van der Waals surface area contributed by atoms with Crippen molar-refractivity contribution in [1.82, 2.24) is 9.97 Å². The molecular weight excluding hydrogens is 198 g/mol. The Bertz CT molecular complexity index is 337. The molecule has 0 aliphatic carbocycles. The van der Waals surface area contributed by atoms with Crippen molar-refractivity contribution in [2.75, 3.05) is 0 Å². The summed E-state index contributed by atoms with van der Waals surface area (Å²) in [5, 5.41) is 19.8. The van der Waals surface area contributed by atoms with Crippen LogP contribution in [0.1, 0.15) is 32.0 Å². The highest BCUT2D eigenvalue weighted by Crippen LogP contribution is 2.20. The molecule has 15 heavy (non-hydrogen) atoms. The first-order chi connectivity index (χ1) is 7.06. The van der Waals surface area contributed by atoms with Gasteiger partial charge in [-0.05, 0) is 13.3 Å². The number of hydrogen-bond acceptors (Lipinski definition) is 5. The molecule has 0 aliphatic heterocycles. The lowest BCUT2D eigenvalue weighted by Gasteiger charge is -2.15. The largest absolute Gasteiger partial charge is 0.393 e. The number of aliphatic hydroxyl groups excluding tert-OH is 1. The van der Waals surface area contributed by atoms with Gasteiger partial charge in [-0.3, -0.25) is 10.1 Å². The normalized spacial score (nSPS) is 14.6. The zero-order valence-electron chi connectivity index (χ0n) is 8.62. The van der Waals surface area contributed by atoms with Crippen LogP contribution < -0.4 is 0 Å². The average molecular weight is 211 g/mol. The molecule has 2 unspecified atom stereocenters. The number of rotatable bonds is 4. The third-order valence-electron chi connectivity index (χ3n) is 2.22. The summed E-state index contributed by atoms with van der Waals surface area (Å²) in [5.74, 6) is 0.268. The third-order valence-corrected chi connectivity index (χ3v) is 2.22. The van der Waals surface area contributed by atoms with Crippen LogP contribution in [0.25, 0.3) is 0 Å². The van der Waals surface area contributed by atoms with Crippen molar-refractivity contribution in [3.05, 3.63) is 28.3 Å². The number of nitro groups is 1. The SMILES string of the molecule is CCC(c1ncc([N+](=O)[O-])cn1)C(C)O. The van der Waals surface area contributed by atoms with Crippen LogP contribution >= 0.6 is 0 Å². The second-order valence-electron chi connectivity index (χ2n) is 3.31. The maximum Gasteiger partial charge on any atom is 0.305 e. The van der Waals surface area contributed by atoms with Crippen molar-refractivity contribution in [3.63, 3.8) is 0 Å². The first-order valence-electron chi connectivity index (χ1n) is 4.70. The lowest BCUT2D eigenvalue weighted by atomic mass is 10.00. The Morgan fingerprint density at radius 1 is 1.53 bits per heavy atom. The summed E-state index contributed by atoms with van der Waals surface area (Å²) in [6, 6.07) is 0. The minimum absolute atomic E-state index is 0.140. The Kier molecular flexibility index (Phi) is 3.68. The highest BCUT2D eigenvalue weighted by molar-refractivity contribution is 5.21. The lowest BCUT2D eigenvalue weighted by Crippen LogP contribution is -2.16. The van der Waals surface area contributed by atoms with E-state index in [9.17, 15) is 15.2 Å². The van der Waals surface area contributed by atoms with Crippen molar-refractivity contribution in [2.45, 2.75) is 32.3 Å². The summed E-state index contributed by atoms with van der Waals surface area (Å²) >= 11 is 0. The van der Waals surface area contributed by atoms with E-state index in [1.165, 1.54) is 0 Å². The predicted molar refractivity (Wildman–Crippen MR) is 53.4 cm³/mol. The van der Waals surface area contributed by atoms with Crippen LogP contribution in [-0.4, -0.2) is 26.1 Å². The average Bonchev–Trinajstić information content (AvgIpc) is 2.19. The van der Waals surface area contributed by atoms with Gasteiger partial charge in [-0.25, -0.2) is 9.97 Å². The van der Waals surface area contributed by atoms with E-state index in [1.807, 2.05) is 6.92 Å². The van der Waals surface area contributed by atoms with Crippen LogP contribution in [-0.2, 0) is 0 Å². The third kappa shape index (κ3) is 2.69. The molecule has 1 heterocycles. The molecule has 1 aromatic heterocycles. The van der Waals surface area contributed by atoms with Gasteiger partial charge in [0, 0.05) is 5.92 Å². The quantitative estimate of drug-likeness (QED) is 0.598. The molecule has 0 aromatic carbocycles. The van der Waals surface area contributed by atoms with Gasteiger partial charge in [-0.2, -0.15) is 0 Å². The zero-order chi connectivity index (χ0) is 11.4. The second kappa shape index (κ2) is 4.79. The fraction of sp³-hybridized carbons (Fsp3) is 0.556. The molecule has 1 N–H and O–H groups in total. The van der Waals surface area contributed by atoms with Crippen molar-refractivity contribution >= 4 is 5.69 Å². The molecule has 0 bridgehead atoms. The van der Waals surface area contributed by atoms with Gasteiger partial charge in [-0.1, -0.05) is 6.92 Å². The summed E-state index contributed by atoms with van der Waals surface area (Å²) in [5.41, 5.74) is -0.140. The minimum Gasteiger partial charge on any atom is -0.393 e. The van der Waals surface area contributed by atoms with Crippen molar-refractivity contribution in [3.8, 4) is 0 Å². The van der Waals surface area contributed by atoms with Gasteiger partial charge in [0.05, 0.1) is 11.0 Å². The summed E-state index contributed by atoms with van der Waals surface area (Å²) in [4.78, 5) is 17.6. The van der Waals surface area contributed by atoms with E-state index in [0.717, 1.165) is 12.4 Å². The minimum atomic E-state index is -0.559. The Balaban J connectivity index is 2.92. The van der Waals surface area contributed by atoms with Gasteiger partial charge < -0.3 is 5.11 Å². The van der Waals surface area contributed by atoms with Gasteiger partial charge in [0.1, 0.15) is 18.2 Å². The van der Waals surface area contributed by atoms with Crippen molar-refractivity contribution in [2.24, 2.45) is 0 Å². The zero-order valence-corrected chi connectivity index (χ0v) is 8.62. The van der Waals surface area contributed by atoms with Crippen LogP contribution in [0.15, 0.2) is 12.4 Å². The highest BCUT2D eigenvalue weighted by Gasteiger charge is 2.19. The molecule has 6 nitrogen and oxygen atoms in total. The molecule has 0 spiro atoms. The Labute approximate surface area is 87.1 Å². The van der Waals surface area contributed by atoms with E-state index in [-0.39, 0.29) is 11.6 Å². The van der Waals surface area contributed by atoms with E-state index in [4.69, 9.17) is 0 Å². The molecule has 0 saturated heterocycles. The number of nitrogens with zero attached hydrogens (tertiary/aromatic N) is 3. The Morgan fingerprint density at radius 3 is 2.40 bits per heavy atom. The molecule has 1 rings (SSSR count). The second-order valence-corrected chi connectivity index (χ2v) is 3.31.